The van der Waals surface area contributed by atoms with Gasteiger partial charge in [0.15, 0.2) is 6.29 Å². The quantitative estimate of drug-likeness (QED) is 0.631. The number of halogens is 1. The molecule has 1 fully saturated rings. The second kappa shape index (κ2) is 3.65. The molecule has 0 aromatic heterocycles. The normalized spacial score (nSPS) is 15.5. The summed E-state index contributed by atoms with van der Waals surface area (Å²) in [5, 5.41) is 0. The minimum Gasteiger partial charge on any atom is -0.490 e. The molecule has 1 aliphatic rings. The summed E-state index contributed by atoms with van der Waals surface area (Å²) >= 11 is 2.14. The Hall–Kier alpha value is -0.580. The summed E-state index contributed by atoms with van der Waals surface area (Å²) in [5.41, 5.74) is 0.676. The Kier molecular flexibility index (Phi) is 2.53. The molecule has 0 saturated heterocycles. The van der Waals surface area contributed by atoms with Gasteiger partial charge in [-0.25, -0.2) is 0 Å². The third-order valence-electron chi connectivity index (χ3n) is 1.95. The van der Waals surface area contributed by atoms with E-state index in [9.17, 15) is 4.79 Å². The maximum atomic E-state index is 10.8. The number of aldehydes is 1. The third-order valence-corrected chi connectivity index (χ3v) is 2.89. The van der Waals surface area contributed by atoms with Crippen LogP contribution in [0.25, 0.3) is 0 Å². The highest BCUT2D eigenvalue weighted by molar-refractivity contribution is 14.1. The molecular weight excluding hydrogens is 279 g/mol. The number of carbonyl (C=O) groups excluding carboxylic acids is 1. The van der Waals surface area contributed by atoms with Crippen molar-refractivity contribution in [3.8, 4) is 5.75 Å². The van der Waals surface area contributed by atoms with Crippen molar-refractivity contribution in [3.05, 3.63) is 27.3 Å². The summed E-state index contributed by atoms with van der Waals surface area (Å²) in [7, 11) is 0. The van der Waals surface area contributed by atoms with Gasteiger partial charge in [0.2, 0.25) is 0 Å². The highest BCUT2D eigenvalue weighted by Crippen LogP contribution is 2.30. The second-order valence-corrected chi connectivity index (χ2v) is 4.25. The molecule has 3 heteroatoms. The van der Waals surface area contributed by atoms with E-state index in [1.165, 1.54) is 0 Å². The predicted molar refractivity (Wildman–Crippen MR) is 58.2 cm³/mol. The van der Waals surface area contributed by atoms with Gasteiger partial charge in [0.25, 0.3) is 0 Å². The lowest BCUT2D eigenvalue weighted by molar-refractivity contribution is 0.111. The van der Waals surface area contributed by atoms with Crippen LogP contribution in [0.2, 0.25) is 0 Å². The van der Waals surface area contributed by atoms with E-state index in [4.69, 9.17) is 4.74 Å². The van der Waals surface area contributed by atoms with Gasteiger partial charge in [-0.1, -0.05) is 6.07 Å². The fraction of sp³-hybridized carbons (Fsp3) is 0.300. The lowest BCUT2D eigenvalue weighted by atomic mass is 10.2. The average Bonchev–Trinajstić information content (AvgIpc) is 2.89. The molecule has 0 spiro atoms. The summed E-state index contributed by atoms with van der Waals surface area (Å²) in [6.07, 6.45) is 3.43. The highest BCUT2D eigenvalue weighted by Gasteiger charge is 2.24. The molecule has 1 aromatic carbocycles. The Morgan fingerprint density at radius 2 is 2.23 bits per heavy atom. The molecular formula is C10H9IO2. The lowest BCUT2D eigenvalue weighted by Crippen LogP contribution is -2.00. The molecule has 68 valence electrons. The van der Waals surface area contributed by atoms with E-state index >= 15 is 0 Å². The highest BCUT2D eigenvalue weighted by atomic mass is 127. The van der Waals surface area contributed by atoms with Gasteiger partial charge < -0.3 is 4.74 Å². The topological polar surface area (TPSA) is 26.3 Å². The van der Waals surface area contributed by atoms with Crippen LogP contribution in [0, 0.1) is 3.57 Å². The van der Waals surface area contributed by atoms with Crippen LogP contribution in [0.15, 0.2) is 18.2 Å². The Bertz CT molecular complexity index is 332. The fourth-order valence-electron chi connectivity index (χ4n) is 1.10. The average molecular weight is 288 g/mol. The standard InChI is InChI=1S/C10H9IO2/c11-9-2-1-3-10(8(9)6-12)13-7-4-5-7/h1-3,6-7H,4-5H2. The van der Waals surface area contributed by atoms with Gasteiger partial charge in [0, 0.05) is 3.57 Å². The van der Waals surface area contributed by atoms with Crippen LogP contribution >= 0.6 is 22.6 Å². The molecule has 0 unspecified atom stereocenters. The number of hydrogen-bond donors (Lipinski definition) is 0. The zero-order chi connectivity index (χ0) is 9.26. The third kappa shape index (κ3) is 2.02. The molecule has 0 aliphatic heterocycles. The zero-order valence-electron chi connectivity index (χ0n) is 7.00. The predicted octanol–water partition coefficient (Wildman–Crippen LogP) is 2.64. The smallest absolute Gasteiger partial charge is 0.154 e. The molecule has 0 atom stereocenters. The molecule has 0 bridgehead atoms. The van der Waals surface area contributed by atoms with E-state index in [-0.39, 0.29) is 0 Å². The summed E-state index contributed by atoms with van der Waals surface area (Å²) in [4.78, 5) is 10.8. The summed E-state index contributed by atoms with van der Waals surface area (Å²) in [6.45, 7) is 0. The second-order valence-electron chi connectivity index (χ2n) is 3.09. The molecule has 0 N–H and O–H groups in total. The number of rotatable bonds is 3. The lowest BCUT2D eigenvalue weighted by Gasteiger charge is -2.07. The van der Waals surface area contributed by atoms with E-state index in [0.717, 1.165) is 28.4 Å². The first kappa shape index (κ1) is 8.99. The Morgan fingerprint density at radius 1 is 1.46 bits per heavy atom. The molecule has 2 nitrogen and oxygen atoms in total. The van der Waals surface area contributed by atoms with Gasteiger partial charge in [0.1, 0.15) is 5.75 Å². The first-order chi connectivity index (χ1) is 6.31. The van der Waals surface area contributed by atoms with Gasteiger partial charge in [-0.15, -0.1) is 0 Å². The minimum atomic E-state index is 0.344. The Labute approximate surface area is 90.4 Å². The van der Waals surface area contributed by atoms with Gasteiger partial charge in [0.05, 0.1) is 11.7 Å². The number of ether oxygens (including phenoxy) is 1. The summed E-state index contributed by atoms with van der Waals surface area (Å²) < 4.78 is 6.54. The molecule has 1 saturated carbocycles. The number of hydrogen-bond acceptors (Lipinski definition) is 2. The van der Waals surface area contributed by atoms with Crippen LogP contribution in [-0.4, -0.2) is 12.4 Å². The van der Waals surface area contributed by atoms with Crippen molar-refractivity contribution in [1.82, 2.24) is 0 Å². The molecule has 2 rings (SSSR count). The van der Waals surface area contributed by atoms with Crippen molar-refractivity contribution in [2.24, 2.45) is 0 Å². The van der Waals surface area contributed by atoms with Crippen molar-refractivity contribution >= 4 is 28.9 Å². The maximum Gasteiger partial charge on any atom is 0.154 e. The zero-order valence-corrected chi connectivity index (χ0v) is 9.15. The molecule has 13 heavy (non-hydrogen) atoms. The van der Waals surface area contributed by atoms with Crippen LogP contribution < -0.4 is 4.74 Å². The van der Waals surface area contributed by atoms with Crippen LogP contribution in [0.5, 0.6) is 5.75 Å². The van der Waals surface area contributed by atoms with Crippen molar-refractivity contribution < 1.29 is 9.53 Å². The maximum absolute atomic E-state index is 10.8. The molecule has 1 aliphatic carbocycles. The van der Waals surface area contributed by atoms with E-state index < -0.39 is 0 Å². The monoisotopic (exact) mass is 288 g/mol. The van der Waals surface area contributed by atoms with E-state index in [2.05, 4.69) is 22.6 Å². The first-order valence-corrected chi connectivity index (χ1v) is 5.29. The minimum absolute atomic E-state index is 0.344. The van der Waals surface area contributed by atoms with Crippen molar-refractivity contribution in [1.29, 1.82) is 0 Å². The fourth-order valence-corrected chi connectivity index (χ4v) is 1.70. The molecule has 0 radical (unpaired) electrons. The number of carbonyl (C=O) groups is 1. The molecule has 0 heterocycles. The molecule has 0 amide bonds. The summed E-state index contributed by atoms with van der Waals surface area (Å²) in [5.74, 6) is 0.726. The van der Waals surface area contributed by atoms with Crippen LogP contribution in [0.1, 0.15) is 23.2 Å². The van der Waals surface area contributed by atoms with E-state index in [1.54, 1.807) is 0 Å². The van der Waals surface area contributed by atoms with Crippen molar-refractivity contribution in [2.75, 3.05) is 0 Å². The van der Waals surface area contributed by atoms with E-state index in [0.29, 0.717) is 11.7 Å². The van der Waals surface area contributed by atoms with E-state index in [1.807, 2.05) is 18.2 Å². The first-order valence-electron chi connectivity index (χ1n) is 4.21. The van der Waals surface area contributed by atoms with Crippen LogP contribution in [0.4, 0.5) is 0 Å². The largest absolute Gasteiger partial charge is 0.490 e. The van der Waals surface area contributed by atoms with Gasteiger partial charge in [-0.2, -0.15) is 0 Å². The Balaban J connectivity index is 2.30. The van der Waals surface area contributed by atoms with Crippen molar-refractivity contribution in [3.63, 3.8) is 0 Å². The Morgan fingerprint density at radius 3 is 2.85 bits per heavy atom. The van der Waals surface area contributed by atoms with Crippen molar-refractivity contribution in [2.45, 2.75) is 18.9 Å². The summed E-state index contributed by atoms with van der Waals surface area (Å²) in [6, 6.07) is 5.67. The number of benzene rings is 1. The van der Waals surface area contributed by atoms with Crippen LogP contribution in [-0.2, 0) is 0 Å². The molecule has 1 aromatic rings. The van der Waals surface area contributed by atoms with Gasteiger partial charge >= 0.3 is 0 Å². The van der Waals surface area contributed by atoms with Crippen LogP contribution in [0.3, 0.4) is 0 Å². The SMILES string of the molecule is O=Cc1c(I)cccc1OC1CC1. The van der Waals surface area contributed by atoms with Gasteiger partial charge in [-0.05, 0) is 47.6 Å². The van der Waals surface area contributed by atoms with Gasteiger partial charge in [-0.3, -0.25) is 4.79 Å².